The summed E-state index contributed by atoms with van der Waals surface area (Å²) in [4.78, 5) is 16.8. The van der Waals surface area contributed by atoms with E-state index in [2.05, 4.69) is 55.0 Å². The van der Waals surface area contributed by atoms with Gasteiger partial charge in [0.15, 0.2) is 5.96 Å². The van der Waals surface area contributed by atoms with Crippen LogP contribution in [0, 0.1) is 6.92 Å². The second-order valence-electron chi connectivity index (χ2n) is 5.84. The number of rotatable bonds is 7. The largest absolute Gasteiger partial charge is 0.357 e. The van der Waals surface area contributed by atoms with Crippen molar-refractivity contribution in [2.45, 2.75) is 26.8 Å². The van der Waals surface area contributed by atoms with Gasteiger partial charge in [0.05, 0.1) is 22.6 Å². The Hall–Kier alpha value is -2.67. The maximum atomic E-state index is 4.61. The summed E-state index contributed by atoms with van der Waals surface area (Å²) in [6.45, 7) is 6.19. The minimum absolute atomic E-state index is 0.498. The van der Waals surface area contributed by atoms with Crippen LogP contribution < -0.4 is 10.6 Å². The van der Waals surface area contributed by atoms with Gasteiger partial charge in [-0.05, 0) is 19.4 Å². The number of aliphatic imine (C=N–C) groups is 1. The molecule has 6 nitrogen and oxygen atoms in total. The lowest BCUT2D eigenvalue weighted by Gasteiger charge is -2.10. The smallest absolute Gasteiger partial charge is 0.191 e. The molecule has 0 saturated carbocycles. The molecule has 0 unspecified atom stereocenters. The summed E-state index contributed by atoms with van der Waals surface area (Å²) in [6, 6.07) is 10.2. The summed E-state index contributed by atoms with van der Waals surface area (Å²) < 4.78 is 0. The molecule has 0 saturated heterocycles. The van der Waals surface area contributed by atoms with Crippen LogP contribution in [0.15, 0.2) is 46.9 Å². The van der Waals surface area contributed by atoms with Crippen molar-refractivity contribution < 1.29 is 0 Å². The molecular weight excluding hydrogens is 344 g/mol. The third-order valence-electron chi connectivity index (χ3n) is 3.78. The van der Waals surface area contributed by atoms with Crippen molar-refractivity contribution in [3.63, 3.8) is 0 Å². The van der Waals surface area contributed by atoms with Crippen LogP contribution >= 0.6 is 11.3 Å². The predicted molar refractivity (Wildman–Crippen MR) is 107 cm³/mol. The zero-order valence-electron chi connectivity index (χ0n) is 15.1. The van der Waals surface area contributed by atoms with Crippen LogP contribution in [-0.2, 0) is 13.0 Å². The summed E-state index contributed by atoms with van der Waals surface area (Å²) in [7, 11) is 0. The number of hydrogen-bond acceptors (Lipinski definition) is 4. The molecule has 1 aromatic carbocycles. The number of benzene rings is 1. The molecule has 0 aliphatic heterocycles. The molecule has 0 atom stereocenters. The van der Waals surface area contributed by atoms with Gasteiger partial charge in [0, 0.05) is 24.9 Å². The molecule has 2 aromatic heterocycles. The monoisotopic (exact) mass is 368 g/mol. The van der Waals surface area contributed by atoms with E-state index in [0.29, 0.717) is 6.54 Å². The number of nitrogens with zero attached hydrogens (tertiary/aromatic N) is 3. The van der Waals surface area contributed by atoms with Crippen molar-refractivity contribution in [2.75, 3.05) is 13.1 Å². The zero-order chi connectivity index (χ0) is 18.2. The number of thiazole rings is 1. The van der Waals surface area contributed by atoms with Gasteiger partial charge in [0.1, 0.15) is 12.4 Å². The van der Waals surface area contributed by atoms with Crippen molar-refractivity contribution >= 4 is 17.3 Å². The Balaban J connectivity index is 1.56. The average Bonchev–Trinajstić information content (AvgIpc) is 3.29. The third-order valence-corrected chi connectivity index (χ3v) is 4.61. The second-order valence-corrected chi connectivity index (χ2v) is 6.90. The van der Waals surface area contributed by atoms with Gasteiger partial charge in [-0.15, -0.1) is 11.3 Å². The summed E-state index contributed by atoms with van der Waals surface area (Å²) in [6.07, 6.45) is 2.73. The molecule has 0 bridgehead atoms. The molecule has 0 fully saturated rings. The normalized spacial score (nSPS) is 11.5. The van der Waals surface area contributed by atoms with Crippen molar-refractivity contribution in [2.24, 2.45) is 4.99 Å². The molecule has 3 aromatic rings. The highest BCUT2D eigenvalue weighted by atomic mass is 32.1. The highest BCUT2D eigenvalue weighted by Crippen LogP contribution is 2.16. The molecule has 3 N–H and O–H groups in total. The lowest BCUT2D eigenvalue weighted by molar-refractivity contribution is 0.785. The Morgan fingerprint density at radius 1 is 1.23 bits per heavy atom. The van der Waals surface area contributed by atoms with Gasteiger partial charge < -0.3 is 15.6 Å². The Kier molecular flexibility index (Phi) is 6.38. The molecule has 26 heavy (non-hydrogen) atoms. The van der Waals surface area contributed by atoms with Crippen LogP contribution in [0.1, 0.15) is 23.4 Å². The first kappa shape index (κ1) is 18.1. The van der Waals surface area contributed by atoms with E-state index in [1.165, 1.54) is 0 Å². The standard InChI is InChI=1S/C19H24N6S/c1-3-20-19(21-10-9-16-13-26-14(2)24-16)23-12-18-22-11-17(25-18)15-7-5-4-6-8-15/h4-8,11,13H,3,9-10,12H2,1-2H3,(H,22,25)(H2,20,21,23). The van der Waals surface area contributed by atoms with Gasteiger partial charge in [-0.1, -0.05) is 30.3 Å². The highest BCUT2D eigenvalue weighted by molar-refractivity contribution is 7.09. The fourth-order valence-corrected chi connectivity index (χ4v) is 3.18. The van der Waals surface area contributed by atoms with Crippen molar-refractivity contribution in [3.8, 4) is 11.3 Å². The van der Waals surface area contributed by atoms with Crippen LogP contribution in [0.25, 0.3) is 11.3 Å². The number of aromatic nitrogens is 3. The third kappa shape index (κ3) is 5.16. The van der Waals surface area contributed by atoms with E-state index >= 15 is 0 Å². The van der Waals surface area contributed by atoms with Crippen molar-refractivity contribution in [1.29, 1.82) is 0 Å². The summed E-state index contributed by atoms with van der Waals surface area (Å²) in [5.41, 5.74) is 3.25. The number of imidazole rings is 1. The van der Waals surface area contributed by atoms with Crippen molar-refractivity contribution in [1.82, 2.24) is 25.6 Å². The first-order valence-corrected chi connectivity index (χ1v) is 9.65. The van der Waals surface area contributed by atoms with Gasteiger partial charge in [0.2, 0.25) is 0 Å². The topological polar surface area (TPSA) is 78.0 Å². The van der Waals surface area contributed by atoms with Gasteiger partial charge >= 0.3 is 0 Å². The lowest BCUT2D eigenvalue weighted by Crippen LogP contribution is -2.38. The number of H-pyrrole nitrogens is 1. The first-order chi connectivity index (χ1) is 12.7. The molecule has 2 heterocycles. The Bertz CT molecular complexity index is 837. The van der Waals surface area contributed by atoms with E-state index in [9.17, 15) is 0 Å². The van der Waals surface area contributed by atoms with Crippen LogP contribution in [0.4, 0.5) is 0 Å². The van der Waals surface area contributed by atoms with Crippen LogP contribution in [0.5, 0.6) is 0 Å². The van der Waals surface area contributed by atoms with Gasteiger partial charge in [-0.2, -0.15) is 0 Å². The number of nitrogens with one attached hydrogen (secondary N) is 3. The van der Waals surface area contributed by atoms with Gasteiger partial charge in [0.25, 0.3) is 0 Å². The number of guanidine groups is 1. The highest BCUT2D eigenvalue weighted by Gasteiger charge is 2.04. The number of aryl methyl sites for hydroxylation is 1. The zero-order valence-corrected chi connectivity index (χ0v) is 15.9. The fraction of sp³-hybridized carbons (Fsp3) is 0.316. The maximum absolute atomic E-state index is 4.61. The van der Waals surface area contributed by atoms with E-state index < -0.39 is 0 Å². The Labute approximate surface area is 157 Å². The summed E-state index contributed by atoms with van der Waals surface area (Å²) >= 11 is 1.68. The molecule has 7 heteroatoms. The molecule has 3 rings (SSSR count). The molecule has 0 aliphatic rings. The van der Waals surface area contributed by atoms with Crippen LogP contribution in [0.3, 0.4) is 0 Å². The van der Waals surface area contributed by atoms with Crippen LogP contribution in [-0.4, -0.2) is 34.0 Å². The van der Waals surface area contributed by atoms with E-state index in [0.717, 1.165) is 53.3 Å². The number of aromatic amines is 1. The Morgan fingerprint density at radius 2 is 2.08 bits per heavy atom. The molecular formula is C19H24N6S. The lowest BCUT2D eigenvalue weighted by atomic mass is 10.2. The quantitative estimate of drug-likeness (QED) is 0.442. The van der Waals surface area contributed by atoms with Gasteiger partial charge in [-0.25, -0.2) is 15.0 Å². The SMILES string of the molecule is CCNC(=NCc1ncc(-c2ccccc2)[nH]1)NCCc1csc(C)n1. The van der Waals surface area contributed by atoms with E-state index in [1.807, 2.05) is 31.3 Å². The summed E-state index contributed by atoms with van der Waals surface area (Å²) in [5.74, 6) is 1.63. The second kappa shape index (κ2) is 9.15. The van der Waals surface area contributed by atoms with Gasteiger partial charge in [-0.3, -0.25) is 0 Å². The molecule has 0 amide bonds. The molecule has 0 radical (unpaired) electrons. The van der Waals surface area contributed by atoms with Crippen molar-refractivity contribution in [3.05, 3.63) is 58.4 Å². The average molecular weight is 369 g/mol. The van der Waals surface area contributed by atoms with Crippen LogP contribution in [0.2, 0.25) is 0 Å². The first-order valence-electron chi connectivity index (χ1n) is 8.77. The Morgan fingerprint density at radius 3 is 2.81 bits per heavy atom. The van der Waals surface area contributed by atoms with E-state index in [1.54, 1.807) is 11.3 Å². The fourth-order valence-electron chi connectivity index (χ4n) is 2.53. The summed E-state index contributed by atoms with van der Waals surface area (Å²) in [5, 5.41) is 9.82. The van der Waals surface area contributed by atoms with E-state index in [-0.39, 0.29) is 0 Å². The maximum Gasteiger partial charge on any atom is 0.191 e. The molecule has 0 aliphatic carbocycles. The molecule has 0 spiro atoms. The minimum atomic E-state index is 0.498. The van der Waals surface area contributed by atoms with E-state index in [4.69, 9.17) is 0 Å². The minimum Gasteiger partial charge on any atom is -0.357 e. The number of hydrogen-bond donors (Lipinski definition) is 3. The predicted octanol–water partition coefficient (Wildman–Crippen LogP) is 3.14. The molecule has 136 valence electrons.